The van der Waals surface area contributed by atoms with E-state index in [4.69, 9.17) is 0 Å². The molecule has 0 aliphatic rings. The second kappa shape index (κ2) is 6.50. The van der Waals surface area contributed by atoms with Crippen molar-refractivity contribution in [2.24, 2.45) is 5.92 Å². The maximum absolute atomic E-state index is 12.7. The zero-order chi connectivity index (χ0) is 12.8. The summed E-state index contributed by atoms with van der Waals surface area (Å²) >= 11 is 0. The predicted octanol–water partition coefficient (Wildman–Crippen LogP) is 2.99. The maximum atomic E-state index is 12.7. The topological polar surface area (TPSA) is 20.3 Å². The Hall–Kier alpha value is -1.22. The average molecular weight is 237 g/mol. The molecule has 0 spiro atoms. The van der Waals surface area contributed by atoms with Gasteiger partial charge in [0.15, 0.2) is 5.78 Å². The van der Waals surface area contributed by atoms with Crippen LogP contribution in [0.4, 0.5) is 4.39 Å². The summed E-state index contributed by atoms with van der Waals surface area (Å²) < 4.78 is 12.7. The van der Waals surface area contributed by atoms with Gasteiger partial charge in [-0.25, -0.2) is 4.39 Å². The molecule has 0 aliphatic heterocycles. The molecule has 0 saturated heterocycles. The van der Waals surface area contributed by atoms with Crippen molar-refractivity contribution in [1.29, 1.82) is 0 Å². The van der Waals surface area contributed by atoms with Gasteiger partial charge in [0, 0.05) is 12.1 Å². The highest BCUT2D eigenvalue weighted by molar-refractivity contribution is 5.97. The Morgan fingerprint density at radius 3 is 2.35 bits per heavy atom. The zero-order valence-electron chi connectivity index (χ0n) is 10.7. The van der Waals surface area contributed by atoms with Crippen LogP contribution >= 0.6 is 0 Å². The molecular formula is C14H20FNO. The molecule has 1 rings (SSSR count). The fraction of sp³-hybridized carbons (Fsp3) is 0.500. The van der Waals surface area contributed by atoms with Gasteiger partial charge in [0.25, 0.3) is 0 Å². The Kier molecular flexibility index (Phi) is 5.29. The highest BCUT2D eigenvalue weighted by Gasteiger charge is 2.12. The first kappa shape index (κ1) is 13.8. The van der Waals surface area contributed by atoms with Gasteiger partial charge in [0.1, 0.15) is 5.82 Å². The number of carbonyl (C=O) groups is 1. The molecule has 0 aromatic heterocycles. The van der Waals surface area contributed by atoms with Crippen LogP contribution in [0.5, 0.6) is 0 Å². The minimum absolute atomic E-state index is 0.0486. The Morgan fingerprint density at radius 1 is 1.29 bits per heavy atom. The Balaban J connectivity index is 2.61. The van der Waals surface area contributed by atoms with E-state index in [0.29, 0.717) is 18.0 Å². The molecule has 0 aliphatic carbocycles. The van der Waals surface area contributed by atoms with Crippen LogP contribution in [-0.4, -0.2) is 30.3 Å². The van der Waals surface area contributed by atoms with E-state index < -0.39 is 0 Å². The molecule has 0 unspecified atom stereocenters. The lowest BCUT2D eigenvalue weighted by atomic mass is 10.1. The molecule has 0 amide bonds. The van der Waals surface area contributed by atoms with Crippen LogP contribution in [-0.2, 0) is 0 Å². The summed E-state index contributed by atoms with van der Waals surface area (Å²) in [4.78, 5) is 14.1. The lowest BCUT2D eigenvalue weighted by Crippen LogP contribution is -2.32. The van der Waals surface area contributed by atoms with Crippen molar-refractivity contribution >= 4 is 5.78 Å². The van der Waals surface area contributed by atoms with Gasteiger partial charge in [-0.2, -0.15) is 0 Å². The number of hydrogen-bond donors (Lipinski definition) is 0. The van der Waals surface area contributed by atoms with Gasteiger partial charge >= 0.3 is 0 Å². The molecule has 1 aromatic rings. The number of carbonyl (C=O) groups excluding carboxylic acids is 1. The van der Waals surface area contributed by atoms with Gasteiger partial charge in [-0.05, 0) is 36.7 Å². The molecule has 0 N–H and O–H groups in total. The third-order valence-electron chi connectivity index (χ3n) is 2.60. The SMILES string of the molecule is CCN(CC(=O)c1ccc(F)cc1)CC(C)C. The van der Waals surface area contributed by atoms with Crippen molar-refractivity contribution < 1.29 is 9.18 Å². The summed E-state index contributed by atoms with van der Waals surface area (Å²) in [5, 5.41) is 0. The van der Waals surface area contributed by atoms with Crippen molar-refractivity contribution in [2.75, 3.05) is 19.6 Å². The molecule has 0 saturated carbocycles. The van der Waals surface area contributed by atoms with Gasteiger partial charge < -0.3 is 0 Å². The number of likely N-dealkylation sites (N-methyl/N-ethyl adjacent to an activating group) is 1. The van der Waals surface area contributed by atoms with Crippen LogP contribution in [0.25, 0.3) is 0 Å². The highest BCUT2D eigenvalue weighted by atomic mass is 19.1. The first-order valence-electron chi connectivity index (χ1n) is 6.04. The second-order valence-electron chi connectivity index (χ2n) is 4.65. The van der Waals surface area contributed by atoms with E-state index in [1.165, 1.54) is 12.1 Å². The van der Waals surface area contributed by atoms with E-state index in [2.05, 4.69) is 18.7 Å². The van der Waals surface area contributed by atoms with E-state index in [1.54, 1.807) is 12.1 Å². The lowest BCUT2D eigenvalue weighted by molar-refractivity contribution is 0.0926. The van der Waals surface area contributed by atoms with Crippen molar-refractivity contribution in [2.45, 2.75) is 20.8 Å². The summed E-state index contributed by atoms with van der Waals surface area (Å²) in [5.41, 5.74) is 0.577. The molecule has 2 nitrogen and oxygen atoms in total. The molecule has 0 bridgehead atoms. The van der Waals surface area contributed by atoms with Crippen molar-refractivity contribution in [3.8, 4) is 0 Å². The Labute approximate surface area is 102 Å². The average Bonchev–Trinajstić information content (AvgIpc) is 2.28. The number of halogens is 1. The van der Waals surface area contributed by atoms with Crippen LogP contribution in [0.2, 0.25) is 0 Å². The number of benzene rings is 1. The number of hydrogen-bond acceptors (Lipinski definition) is 2. The van der Waals surface area contributed by atoms with E-state index in [9.17, 15) is 9.18 Å². The molecule has 1 aromatic carbocycles. The lowest BCUT2D eigenvalue weighted by Gasteiger charge is -2.21. The van der Waals surface area contributed by atoms with Crippen LogP contribution < -0.4 is 0 Å². The summed E-state index contributed by atoms with van der Waals surface area (Å²) in [5.74, 6) is 0.277. The third kappa shape index (κ3) is 4.65. The minimum Gasteiger partial charge on any atom is -0.296 e. The summed E-state index contributed by atoms with van der Waals surface area (Å²) in [6.07, 6.45) is 0. The monoisotopic (exact) mass is 237 g/mol. The van der Waals surface area contributed by atoms with Crippen molar-refractivity contribution in [3.05, 3.63) is 35.6 Å². The quantitative estimate of drug-likeness (QED) is 0.709. The minimum atomic E-state index is -0.309. The zero-order valence-corrected chi connectivity index (χ0v) is 10.7. The largest absolute Gasteiger partial charge is 0.296 e. The summed E-state index contributed by atoms with van der Waals surface area (Å²) in [6, 6.07) is 5.74. The number of ketones is 1. The maximum Gasteiger partial charge on any atom is 0.176 e. The molecule has 17 heavy (non-hydrogen) atoms. The fourth-order valence-corrected chi connectivity index (χ4v) is 1.75. The Bertz CT molecular complexity index is 359. The fourth-order valence-electron chi connectivity index (χ4n) is 1.75. The molecule has 0 fully saturated rings. The smallest absolute Gasteiger partial charge is 0.176 e. The second-order valence-corrected chi connectivity index (χ2v) is 4.65. The van der Waals surface area contributed by atoms with E-state index >= 15 is 0 Å². The first-order valence-corrected chi connectivity index (χ1v) is 6.04. The molecule has 94 valence electrons. The Morgan fingerprint density at radius 2 is 1.88 bits per heavy atom. The van der Waals surface area contributed by atoms with Gasteiger partial charge in [-0.15, -0.1) is 0 Å². The van der Waals surface area contributed by atoms with Gasteiger partial charge in [-0.3, -0.25) is 9.69 Å². The number of nitrogens with zero attached hydrogens (tertiary/aromatic N) is 1. The van der Waals surface area contributed by atoms with Gasteiger partial charge in [-0.1, -0.05) is 20.8 Å². The highest BCUT2D eigenvalue weighted by Crippen LogP contribution is 2.06. The molecule has 0 atom stereocenters. The van der Waals surface area contributed by atoms with Crippen LogP contribution in [0.15, 0.2) is 24.3 Å². The van der Waals surface area contributed by atoms with E-state index in [-0.39, 0.29) is 11.6 Å². The molecular weight excluding hydrogens is 217 g/mol. The molecule has 0 radical (unpaired) electrons. The summed E-state index contributed by atoms with van der Waals surface area (Å²) in [6.45, 7) is 8.46. The van der Waals surface area contributed by atoms with Gasteiger partial charge in [0.2, 0.25) is 0 Å². The van der Waals surface area contributed by atoms with Gasteiger partial charge in [0.05, 0.1) is 6.54 Å². The van der Waals surface area contributed by atoms with E-state index in [1.807, 2.05) is 6.92 Å². The standard InChI is InChI=1S/C14H20FNO/c1-4-16(9-11(2)3)10-14(17)12-5-7-13(15)8-6-12/h5-8,11H,4,9-10H2,1-3H3. The number of rotatable bonds is 6. The third-order valence-corrected chi connectivity index (χ3v) is 2.60. The van der Waals surface area contributed by atoms with Crippen LogP contribution in [0.3, 0.4) is 0 Å². The first-order chi connectivity index (χ1) is 8.02. The van der Waals surface area contributed by atoms with Crippen LogP contribution in [0.1, 0.15) is 31.1 Å². The van der Waals surface area contributed by atoms with Crippen molar-refractivity contribution in [3.63, 3.8) is 0 Å². The van der Waals surface area contributed by atoms with E-state index in [0.717, 1.165) is 13.1 Å². The van der Waals surface area contributed by atoms with Crippen LogP contribution in [0, 0.1) is 11.7 Å². The van der Waals surface area contributed by atoms with Crippen molar-refractivity contribution in [1.82, 2.24) is 4.90 Å². The normalized spacial score (nSPS) is 11.2. The number of Topliss-reactive ketones (excluding diaryl/α,β-unsaturated/α-hetero) is 1. The predicted molar refractivity (Wildman–Crippen MR) is 67.7 cm³/mol. The summed E-state index contributed by atoms with van der Waals surface area (Å²) in [7, 11) is 0. The molecule has 3 heteroatoms. The molecule has 0 heterocycles.